The molecule has 0 radical (unpaired) electrons. The molecule has 0 aliphatic carbocycles. The van der Waals surface area contributed by atoms with Gasteiger partial charge < -0.3 is 14.8 Å². The van der Waals surface area contributed by atoms with Crippen LogP contribution in [0.2, 0.25) is 5.02 Å². The number of hydrogen-bond acceptors (Lipinski definition) is 3. The van der Waals surface area contributed by atoms with Gasteiger partial charge in [0, 0.05) is 5.56 Å². The van der Waals surface area contributed by atoms with Crippen molar-refractivity contribution in [2.45, 2.75) is 25.8 Å². The number of rotatable bonds is 5. The summed E-state index contributed by atoms with van der Waals surface area (Å²) in [5.74, 6) is 0.832. The highest BCUT2D eigenvalue weighted by molar-refractivity contribution is 6.32. The van der Waals surface area contributed by atoms with Gasteiger partial charge in [0.25, 0.3) is 5.91 Å². The van der Waals surface area contributed by atoms with Gasteiger partial charge in [-0.3, -0.25) is 4.79 Å². The molecule has 1 heterocycles. The number of hydrogen-bond donors (Lipinski definition) is 1. The third kappa shape index (κ3) is 3.42. The zero-order valence-electron chi connectivity index (χ0n) is 12.8. The lowest BCUT2D eigenvalue weighted by atomic mass is 10.0. The fraction of sp³-hybridized carbons (Fsp3) is 0.278. The number of benzene rings is 2. The summed E-state index contributed by atoms with van der Waals surface area (Å²) in [6.07, 6.45) is 1.84. The van der Waals surface area contributed by atoms with Gasteiger partial charge in [-0.2, -0.15) is 0 Å². The van der Waals surface area contributed by atoms with Crippen molar-refractivity contribution >= 4 is 17.5 Å². The number of amides is 1. The summed E-state index contributed by atoms with van der Waals surface area (Å²) >= 11 is 6.15. The van der Waals surface area contributed by atoms with Crippen LogP contribution in [0.1, 0.15) is 41.7 Å². The Bertz CT molecular complexity index is 703. The Balaban J connectivity index is 1.81. The Labute approximate surface area is 140 Å². The molecular formula is C18H18ClNO3. The van der Waals surface area contributed by atoms with Crippen LogP contribution in [0.5, 0.6) is 11.5 Å². The minimum atomic E-state index is -0.174. The lowest BCUT2D eigenvalue weighted by Crippen LogP contribution is -2.28. The van der Waals surface area contributed by atoms with Crippen LogP contribution in [0, 0.1) is 0 Å². The molecule has 1 aliphatic rings. The van der Waals surface area contributed by atoms with Crippen LogP contribution in [0.15, 0.2) is 42.5 Å². The molecule has 1 aliphatic heterocycles. The van der Waals surface area contributed by atoms with Gasteiger partial charge in [-0.25, -0.2) is 0 Å². The summed E-state index contributed by atoms with van der Waals surface area (Å²) in [6, 6.07) is 13.2. The molecule has 0 bridgehead atoms. The van der Waals surface area contributed by atoms with Crippen LogP contribution in [-0.2, 0) is 0 Å². The lowest BCUT2D eigenvalue weighted by molar-refractivity contribution is 0.0934. The molecule has 2 aromatic carbocycles. The summed E-state index contributed by atoms with van der Waals surface area (Å²) in [7, 11) is 0. The molecule has 0 aromatic heterocycles. The highest BCUT2D eigenvalue weighted by Gasteiger charge is 2.22. The lowest BCUT2D eigenvalue weighted by Gasteiger charge is -2.19. The SMILES string of the molecule is CCCC(NC(=O)c1cc(Cl)c2c(c1)OCO2)c1ccccc1. The Morgan fingerprint density at radius 3 is 2.78 bits per heavy atom. The van der Waals surface area contributed by atoms with E-state index in [-0.39, 0.29) is 18.7 Å². The van der Waals surface area contributed by atoms with E-state index >= 15 is 0 Å². The first-order valence-electron chi connectivity index (χ1n) is 7.64. The van der Waals surface area contributed by atoms with Gasteiger partial charge in [0.1, 0.15) is 0 Å². The summed E-state index contributed by atoms with van der Waals surface area (Å²) in [4.78, 5) is 12.6. The largest absolute Gasteiger partial charge is 0.454 e. The van der Waals surface area contributed by atoms with E-state index in [0.717, 1.165) is 18.4 Å². The van der Waals surface area contributed by atoms with Crippen LogP contribution >= 0.6 is 11.6 Å². The van der Waals surface area contributed by atoms with Crippen molar-refractivity contribution in [1.29, 1.82) is 0 Å². The minimum absolute atomic E-state index is 0.0297. The number of carbonyl (C=O) groups excluding carboxylic acids is 1. The second kappa shape index (κ2) is 6.92. The Hall–Kier alpha value is -2.20. The average Bonchev–Trinajstić information content (AvgIpc) is 3.04. The van der Waals surface area contributed by atoms with Gasteiger partial charge in [-0.1, -0.05) is 55.3 Å². The summed E-state index contributed by atoms with van der Waals surface area (Å²) in [5.41, 5.74) is 1.56. The molecule has 4 nitrogen and oxygen atoms in total. The highest BCUT2D eigenvalue weighted by atomic mass is 35.5. The maximum Gasteiger partial charge on any atom is 0.251 e. The predicted octanol–water partition coefficient (Wildman–Crippen LogP) is 4.34. The second-order valence-electron chi connectivity index (χ2n) is 5.42. The zero-order valence-corrected chi connectivity index (χ0v) is 13.6. The van der Waals surface area contributed by atoms with Crippen LogP contribution < -0.4 is 14.8 Å². The van der Waals surface area contributed by atoms with Gasteiger partial charge in [0.2, 0.25) is 6.79 Å². The number of carbonyl (C=O) groups is 1. The molecule has 5 heteroatoms. The van der Waals surface area contributed by atoms with Crippen molar-refractivity contribution < 1.29 is 14.3 Å². The van der Waals surface area contributed by atoms with E-state index in [1.165, 1.54) is 0 Å². The minimum Gasteiger partial charge on any atom is -0.454 e. The van der Waals surface area contributed by atoms with Crippen molar-refractivity contribution in [2.75, 3.05) is 6.79 Å². The monoisotopic (exact) mass is 331 g/mol. The quantitative estimate of drug-likeness (QED) is 0.886. The third-order valence-electron chi connectivity index (χ3n) is 3.77. The molecule has 1 N–H and O–H groups in total. The molecule has 1 atom stereocenters. The van der Waals surface area contributed by atoms with E-state index in [4.69, 9.17) is 21.1 Å². The molecule has 0 fully saturated rings. The summed E-state index contributed by atoms with van der Waals surface area (Å²) < 4.78 is 10.6. The molecule has 0 saturated heterocycles. The Morgan fingerprint density at radius 2 is 2.04 bits per heavy atom. The van der Waals surface area contributed by atoms with E-state index < -0.39 is 0 Å². The highest BCUT2D eigenvalue weighted by Crippen LogP contribution is 2.39. The second-order valence-corrected chi connectivity index (χ2v) is 5.82. The molecule has 120 valence electrons. The van der Waals surface area contributed by atoms with Gasteiger partial charge in [0.15, 0.2) is 11.5 Å². The van der Waals surface area contributed by atoms with Crippen molar-refractivity contribution in [3.8, 4) is 11.5 Å². The van der Waals surface area contributed by atoms with E-state index in [2.05, 4.69) is 12.2 Å². The van der Waals surface area contributed by atoms with Gasteiger partial charge in [0.05, 0.1) is 11.1 Å². The van der Waals surface area contributed by atoms with Crippen molar-refractivity contribution in [1.82, 2.24) is 5.32 Å². The molecule has 2 aromatic rings. The fourth-order valence-corrected chi connectivity index (χ4v) is 2.90. The first-order chi connectivity index (χ1) is 11.2. The molecule has 1 amide bonds. The van der Waals surface area contributed by atoms with Crippen molar-refractivity contribution in [3.05, 3.63) is 58.6 Å². The topological polar surface area (TPSA) is 47.6 Å². The Kier molecular flexibility index (Phi) is 4.72. The third-order valence-corrected chi connectivity index (χ3v) is 4.05. The van der Waals surface area contributed by atoms with E-state index in [1.54, 1.807) is 12.1 Å². The number of nitrogens with one attached hydrogen (secondary N) is 1. The first-order valence-corrected chi connectivity index (χ1v) is 8.01. The van der Waals surface area contributed by atoms with Crippen molar-refractivity contribution in [3.63, 3.8) is 0 Å². The fourth-order valence-electron chi connectivity index (χ4n) is 2.64. The Morgan fingerprint density at radius 1 is 1.26 bits per heavy atom. The molecule has 0 saturated carbocycles. The first kappa shape index (κ1) is 15.7. The van der Waals surface area contributed by atoms with Gasteiger partial charge in [-0.15, -0.1) is 0 Å². The van der Waals surface area contributed by atoms with Crippen LogP contribution in [0.4, 0.5) is 0 Å². The standard InChI is InChI=1S/C18H18ClNO3/c1-2-6-15(12-7-4-3-5-8-12)20-18(21)13-9-14(19)17-16(10-13)22-11-23-17/h3-5,7-10,15H,2,6,11H2,1H3,(H,20,21). The molecule has 3 rings (SSSR count). The molecule has 0 spiro atoms. The van der Waals surface area contributed by atoms with E-state index in [0.29, 0.717) is 22.1 Å². The normalized spacial score (nSPS) is 13.7. The number of fused-ring (bicyclic) bond motifs is 1. The van der Waals surface area contributed by atoms with Gasteiger partial charge in [-0.05, 0) is 24.1 Å². The van der Waals surface area contributed by atoms with Crippen LogP contribution in [0.25, 0.3) is 0 Å². The molecule has 23 heavy (non-hydrogen) atoms. The van der Waals surface area contributed by atoms with Crippen LogP contribution in [0.3, 0.4) is 0 Å². The maximum atomic E-state index is 12.6. The summed E-state index contributed by atoms with van der Waals surface area (Å²) in [6.45, 7) is 2.22. The smallest absolute Gasteiger partial charge is 0.251 e. The van der Waals surface area contributed by atoms with E-state index in [9.17, 15) is 4.79 Å². The number of halogens is 1. The summed E-state index contributed by atoms with van der Waals surface area (Å²) in [5, 5.41) is 3.46. The van der Waals surface area contributed by atoms with Crippen LogP contribution in [-0.4, -0.2) is 12.7 Å². The van der Waals surface area contributed by atoms with Crippen molar-refractivity contribution in [2.24, 2.45) is 0 Å². The van der Waals surface area contributed by atoms with Gasteiger partial charge >= 0.3 is 0 Å². The number of ether oxygens (including phenoxy) is 2. The molecular weight excluding hydrogens is 314 g/mol. The average molecular weight is 332 g/mol. The molecule has 1 unspecified atom stereocenters. The predicted molar refractivity (Wildman–Crippen MR) is 89.1 cm³/mol. The van der Waals surface area contributed by atoms with E-state index in [1.807, 2.05) is 30.3 Å². The zero-order chi connectivity index (χ0) is 16.2. The maximum absolute atomic E-state index is 12.6.